The number of halogens is 2. The summed E-state index contributed by atoms with van der Waals surface area (Å²) in [5, 5.41) is 9.58. The van der Waals surface area contributed by atoms with E-state index in [2.05, 4.69) is 10.6 Å². The number of sulfonamides is 1. The van der Waals surface area contributed by atoms with E-state index in [1.807, 2.05) is 24.3 Å². The van der Waals surface area contributed by atoms with Gasteiger partial charge in [-0.1, -0.05) is 35.9 Å². The Morgan fingerprint density at radius 3 is 2.66 bits per heavy atom. The summed E-state index contributed by atoms with van der Waals surface area (Å²) >= 11 is 7.53. The van der Waals surface area contributed by atoms with Gasteiger partial charge in [0.1, 0.15) is 10.0 Å². The molecule has 1 saturated heterocycles. The summed E-state index contributed by atoms with van der Waals surface area (Å²) < 4.78 is 27.6. The molecule has 1 spiro atoms. The zero-order valence-corrected chi connectivity index (χ0v) is 19.0. The third-order valence-corrected chi connectivity index (χ3v) is 9.01. The van der Waals surface area contributed by atoms with E-state index in [0.717, 1.165) is 23.0 Å². The first-order valence-corrected chi connectivity index (χ1v) is 12.0. The SMILES string of the molecule is Cl.O=S(=O)(c1cccs1)N1CCC2(CC1)NCCN=C2NCc1ccccc1Cl. The number of hydrogen-bond acceptors (Lipinski definition) is 6. The van der Waals surface area contributed by atoms with E-state index < -0.39 is 10.0 Å². The van der Waals surface area contributed by atoms with Gasteiger partial charge in [-0.25, -0.2) is 8.42 Å². The van der Waals surface area contributed by atoms with E-state index in [-0.39, 0.29) is 17.9 Å². The Balaban J connectivity index is 0.00000240. The van der Waals surface area contributed by atoms with E-state index in [1.54, 1.807) is 21.8 Å². The molecular weight excluding hydrogens is 451 g/mol. The normalized spacial score (nSPS) is 19.4. The van der Waals surface area contributed by atoms with Crippen molar-refractivity contribution in [3.05, 3.63) is 52.4 Å². The zero-order valence-electron chi connectivity index (χ0n) is 15.8. The van der Waals surface area contributed by atoms with E-state index >= 15 is 0 Å². The maximum Gasteiger partial charge on any atom is 0.252 e. The van der Waals surface area contributed by atoms with Crippen LogP contribution in [0.5, 0.6) is 0 Å². The van der Waals surface area contributed by atoms with Crippen LogP contribution in [0.25, 0.3) is 0 Å². The van der Waals surface area contributed by atoms with Crippen LogP contribution in [-0.4, -0.2) is 50.3 Å². The predicted octanol–water partition coefficient (Wildman–Crippen LogP) is 3.14. The molecule has 2 N–H and O–H groups in total. The van der Waals surface area contributed by atoms with Crippen LogP contribution in [0.2, 0.25) is 5.02 Å². The Hall–Kier alpha value is -1.16. The van der Waals surface area contributed by atoms with Crippen molar-refractivity contribution in [2.45, 2.75) is 29.1 Å². The standard InChI is InChI=1S/C19H23ClN4O2S2.ClH/c20-16-5-2-1-4-15(16)14-22-18-19(23-10-9-21-18)7-11-24(12-8-19)28(25,26)17-6-3-13-27-17;/h1-6,13,23H,7-12,14H2,(H,21,22);1H. The summed E-state index contributed by atoms with van der Waals surface area (Å²) in [6.45, 7) is 3.05. The van der Waals surface area contributed by atoms with E-state index in [4.69, 9.17) is 16.6 Å². The fourth-order valence-electron chi connectivity index (χ4n) is 3.80. The third-order valence-electron chi connectivity index (χ3n) is 5.37. The van der Waals surface area contributed by atoms with Gasteiger partial charge in [0, 0.05) is 31.2 Å². The molecule has 10 heteroatoms. The third kappa shape index (κ3) is 4.62. The highest BCUT2D eigenvalue weighted by Gasteiger charge is 2.43. The highest BCUT2D eigenvalue weighted by Crippen LogP contribution is 2.30. The molecule has 0 aliphatic carbocycles. The van der Waals surface area contributed by atoms with Crippen LogP contribution in [0, 0.1) is 0 Å². The monoisotopic (exact) mass is 474 g/mol. The zero-order chi connectivity index (χ0) is 19.6. The second-order valence-electron chi connectivity index (χ2n) is 7.02. The number of nitrogens with one attached hydrogen (secondary N) is 2. The van der Waals surface area contributed by atoms with Gasteiger partial charge in [0.2, 0.25) is 0 Å². The molecule has 2 aromatic rings. The molecule has 0 atom stereocenters. The summed E-state index contributed by atoms with van der Waals surface area (Å²) in [5.41, 5.74) is 0.714. The lowest BCUT2D eigenvalue weighted by molar-refractivity contribution is 0.241. The summed E-state index contributed by atoms with van der Waals surface area (Å²) in [4.78, 5) is 4.72. The van der Waals surface area contributed by atoms with Crippen LogP contribution < -0.4 is 10.6 Å². The summed E-state index contributed by atoms with van der Waals surface area (Å²) in [6.07, 6.45) is 1.37. The quantitative estimate of drug-likeness (QED) is 0.713. The van der Waals surface area contributed by atoms with Crippen molar-refractivity contribution in [3.63, 3.8) is 0 Å². The van der Waals surface area contributed by atoms with Crippen molar-refractivity contribution >= 4 is 51.2 Å². The number of hydrogen-bond donors (Lipinski definition) is 2. The molecule has 2 aliphatic rings. The smallest absolute Gasteiger partial charge is 0.252 e. The number of nitrogens with zero attached hydrogens (tertiary/aromatic N) is 2. The molecule has 0 radical (unpaired) electrons. The van der Waals surface area contributed by atoms with Crippen LogP contribution in [0.3, 0.4) is 0 Å². The molecule has 29 heavy (non-hydrogen) atoms. The molecule has 158 valence electrons. The van der Waals surface area contributed by atoms with Gasteiger partial charge < -0.3 is 10.6 Å². The lowest BCUT2D eigenvalue weighted by atomic mass is 9.85. The molecule has 0 saturated carbocycles. The molecule has 6 nitrogen and oxygen atoms in total. The van der Waals surface area contributed by atoms with Crippen molar-refractivity contribution in [2.24, 2.45) is 4.99 Å². The molecule has 1 aromatic carbocycles. The predicted molar refractivity (Wildman–Crippen MR) is 121 cm³/mol. The van der Waals surface area contributed by atoms with Gasteiger partial charge in [0.15, 0.2) is 0 Å². The fraction of sp³-hybridized carbons (Fsp3) is 0.421. The van der Waals surface area contributed by atoms with Crippen LogP contribution in [-0.2, 0) is 16.6 Å². The second-order valence-corrected chi connectivity index (χ2v) is 10.5. The van der Waals surface area contributed by atoms with Crippen molar-refractivity contribution in [3.8, 4) is 0 Å². The largest absolute Gasteiger partial charge is 0.368 e. The number of thiophene rings is 1. The first-order chi connectivity index (χ1) is 13.5. The maximum atomic E-state index is 12.8. The van der Waals surface area contributed by atoms with Gasteiger partial charge in [-0.2, -0.15) is 4.31 Å². The molecule has 2 aliphatic heterocycles. The summed E-state index contributed by atoms with van der Waals surface area (Å²) in [7, 11) is -3.41. The molecule has 0 unspecified atom stereocenters. The Morgan fingerprint density at radius 1 is 1.21 bits per heavy atom. The topological polar surface area (TPSA) is 73.8 Å². The van der Waals surface area contributed by atoms with Crippen molar-refractivity contribution in [2.75, 3.05) is 26.2 Å². The van der Waals surface area contributed by atoms with Crippen molar-refractivity contribution in [1.82, 2.24) is 14.9 Å². The van der Waals surface area contributed by atoms with E-state index in [0.29, 0.717) is 43.2 Å². The van der Waals surface area contributed by atoms with Crippen LogP contribution in [0.15, 0.2) is 51.0 Å². The van der Waals surface area contributed by atoms with Gasteiger partial charge in [0.05, 0.1) is 12.1 Å². The number of amidine groups is 1. The Morgan fingerprint density at radius 2 is 1.97 bits per heavy atom. The van der Waals surface area contributed by atoms with Gasteiger partial charge in [-0.3, -0.25) is 4.99 Å². The van der Waals surface area contributed by atoms with Gasteiger partial charge in [0.25, 0.3) is 10.0 Å². The van der Waals surface area contributed by atoms with Gasteiger partial charge >= 0.3 is 0 Å². The minimum Gasteiger partial charge on any atom is -0.368 e. The second kappa shape index (κ2) is 9.32. The average Bonchev–Trinajstić information content (AvgIpc) is 3.25. The molecule has 1 aromatic heterocycles. The van der Waals surface area contributed by atoms with Crippen LogP contribution in [0.4, 0.5) is 0 Å². The minimum atomic E-state index is -3.41. The Labute approximate surface area is 186 Å². The van der Waals surface area contributed by atoms with Crippen molar-refractivity contribution < 1.29 is 8.42 Å². The van der Waals surface area contributed by atoms with Crippen LogP contribution in [0.1, 0.15) is 18.4 Å². The van der Waals surface area contributed by atoms with E-state index in [1.165, 1.54) is 11.3 Å². The van der Waals surface area contributed by atoms with Gasteiger partial charge in [-0.05, 0) is 35.9 Å². The number of piperidine rings is 1. The number of benzene rings is 1. The summed E-state index contributed by atoms with van der Waals surface area (Å²) in [5.74, 6) is 0.909. The summed E-state index contributed by atoms with van der Waals surface area (Å²) in [6, 6.07) is 11.2. The first kappa shape index (κ1) is 22.5. The molecule has 1 fully saturated rings. The van der Waals surface area contributed by atoms with E-state index in [9.17, 15) is 8.42 Å². The number of aliphatic imine (C=N–C) groups is 1. The van der Waals surface area contributed by atoms with Crippen molar-refractivity contribution in [1.29, 1.82) is 0 Å². The molecule has 0 amide bonds. The molecule has 3 heterocycles. The Bertz CT molecular complexity index is 956. The maximum absolute atomic E-state index is 12.8. The molecule has 0 bridgehead atoms. The van der Waals surface area contributed by atoms with Gasteiger partial charge in [-0.15, -0.1) is 23.7 Å². The minimum absolute atomic E-state index is 0. The molecular formula is C19H24Cl2N4O2S2. The highest BCUT2D eigenvalue weighted by atomic mass is 35.5. The average molecular weight is 475 g/mol. The lowest BCUT2D eigenvalue weighted by Gasteiger charge is -2.44. The Kier molecular flexibility index (Phi) is 7.24. The first-order valence-electron chi connectivity index (χ1n) is 9.32. The lowest BCUT2D eigenvalue weighted by Crippen LogP contribution is -2.64. The highest BCUT2D eigenvalue weighted by molar-refractivity contribution is 7.91. The van der Waals surface area contributed by atoms with Crippen LogP contribution >= 0.6 is 35.3 Å². The fourth-order valence-corrected chi connectivity index (χ4v) is 6.59. The molecule has 4 rings (SSSR count). The number of rotatable bonds is 4.